The van der Waals surface area contributed by atoms with E-state index >= 15 is 0 Å². The van der Waals surface area contributed by atoms with E-state index in [1.807, 2.05) is 7.05 Å². The first-order chi connectivity index (χ1) is 9.60. The van der Waals surface area contributed by atoms with Gasteiger partial charge >= 0.3 is 0 Å². The molecule has 5 heteroatoms. The lowest BCUT2D eigenvalue weighted by atomic mass is 10.1. The van der Waals surface area contributed by atoms with Crippen LogP contribution in [-0.4, -0.2) is 7.05 Å². The summed E-state index contributed by atoms with van der Waals surface area (Å²) in [4.78, 5) is 0. The largest absolute Gasteiger partial charge is 0.486 e. The number of hydrogen-bond acceptors (Lipinski definition) is 2. The van der Waals surface area contributed by atoms with Crippen LogP contribution in [-0.2, 0) is 13.2 Å². The van der Waals surface area contributed by atoms with Gasteiger partial charge in [0.15, 0.2) is 11.6 Å². The maximum atomic E-state index is 13.7. The van der Waals surface area contributed by atoms with Gasteiger partial charge in [-0.05, 0) is 42.9 Å². The average Bonchev–Trinajstić information content (AvgIpc) is 2.41. The highest BCUT2D eigenvalue weighted by Crippen LogP contribution is 2.23. The van der Waals surface area contributed by atoms with Crippen molar-refractivity contribution in [3.63, 3.8) is 0 Å². The minimum atomic E-state index is -0.480. The van der Waals surface area contributed by atoms with Gasteiger partial charge in [-0.2, -0.15) is 0 Å². The fourth-order valence-electron chi connectivity index (χ4n) is 1.80. The quantitative estimate of drug-likeness (QED) is 0.886. The Balaban J connectivity index is 2.11. The molecule has 0 bridgehead atoms. The van der Waals surface area contributed by atoms with Crippen LogP contribution in [0.15, 0.2) is 40.9 Å². The van der Waals surface area contributed by atoms with Gasteiger partial charge in [-0.1, -0.05) is 22.0 Å². The second kappa shape index (κ2) is 6.81. The fourth-order valence-corrected chi connectivity index (χ4v) is 2.13. The van der Waals surface area contributed by atoms with E-state index in [0.29, 0.717) is 16.6 Å². The van der Waals surface area contributed by atoms with Crippen molar-refractivity contribution in [1.29, 1.82) is 0 Å². The van der Waals surface area contributed by atoms with Gasteiger partial charge in [0.05, 0.1) is 0 Å². The molecule has 0 spiro atoms. The van der Waals surface area contributed by atoms with E-state index in [1.165, 1.54) is 18.2 Å². The normalized spacial score (nSPS) is 10.6. The molecule has 0 amide bonds. The molecule has 0 aromatic heterocycles. The fraction of sp³-hybridized carbons (Fsp3) is 0.200. The topological polar surface area (TPSA) is 21.3 Å². The predicted octanol–water partition coefficient (Wildman–Crippen LogP) is 4.03. The van der Waals surface area contributed by atoms with E-state index in [1.54, 1.807) is 18.2 Å². The van der Waals surface area contributed by atoms with E-state index < -0.39 is 5.82 Å². The van der Waals surface area contributed by atoms with Crippen molar-refractivity contribution in [3.05, 3.63) is 63.6 Å². The summed E-state index contributed by atoms with van der Waals surface area (Å²) >= 11 is 3.17. The van der Waals surface area contributed by atoms with Gasteiger partial charge in [0.2, 0.25) is 0 Å². The van der Waals surface area contributed by atoms with E-state index in [-0.39, 0.29) is 18.2 Å². The molecule has 2 aromatic carbocycles. The molecule has 0 aliphatic heterocycles. The number of nitrogens with one attached hydrogen (secondary N) is 1. The zero-order valence-corrected chi connectivity index (χ0v) is 12.5. The molecule has 0 radical (unpaired) electrons. The minimum absolute atomic E-state index is 0.0120. The third kappa shape index (κ3) is 3.77. The van der Waals surface area contributed by atoms with Crippen molar-refractivity contribution in [2.75, 3.05) is 7.05 Å². The second-order valence-electron chi connectivity index (χ2n) is 4.32. The zero-order chi connectivity index (χ0) is 14.5. The molecule has 0 saturated heterocycles. The lowest BCUT2D eigenvalue weighted by Crippen LogP contribution is -2.07. The molecule has 0 atom stereocenters. The van der Waals surface area contributed by atoms with Gasteiger partial charge in [-0.15, -0.1) is 0 Å². The van der Waals surface area contributed by atoms with Crippen molar-refractivity contribution < 1.29 is 13.5 Å². The van der Waals surface area contributed by atoms with Crippen molar-refractivity contribution in [2.24, 2.45) is 0 Å². The summed E-state index contributed by atoms with van der Waals surface area (Å²) in [6.45, 7) is 0.627. The van der Waals surface area contributed by atoms with E-state index in [2.05, 4.69) is 21.2 Å². The van der Waals surface area contributed by atoms with Gasteiger partial charge < -0.3 is 10.1 Å². The summed E-state index contributed by atoms with van der Waals surface area (Å²) in [6, 6.07) is 9.30. The van der Waals surface area contributed by atoms with Crippen LogP contribution in [0.3, 0.4) is 0 Å². The summed E-state index contributed by atoms with van der Waals surface area (Å²) in [6.07, 6.45) is 0. The Morgan fingerprint density at radius 1 is 1.10 bits per heavy atom. The highest BCUT2D eigenvalue weighted by molar-refractivity contribution is 9.10. The van der Waals surface area contributed by atoms with E-state index in [9.17, 15) is 8.78 Å². The lowest BCUT2D eigenvalue weighted by molar-refractivity contribution is 0.284. The molecule has 20 heavy (non-hydrogen) atoms. The van der Waals surface area contributed by atoms with Gasteiger partial charge in [0, 0.05) is 16.6 Å². The first-order valence-electron chi connectivity index (χ1n) is 6.10. The number of ether oxygens (including phenoxy) is 1. The van der Waals surface area contributed by atoms with E-state index in [4.69, 9.17) is 4.74 Å². The van der Waals surface area contributed by atoms with Crippen LogP contribution in [0.2, 0.25) is 0 Å². The number of rotatable bonds is 5. The van der Waals surface area contributed by atoms with Gasteiger partial charge in [-0.25, -0.2) is 8.78 Å². The number of hydrogen-bond donors (Lipinski definition) is 1. The summed E-state index contributed by atoms with van der Waals surface area (Å²) in [5.41, 5.74) is 1.35. The van der Waals surface area contributed by atoms with E-state index in [0.717, 1.165) is 5.56 Å². The first kappa shape index (κ1) is 14.9. The van der Waals surface area contributed by atoms with Crippen molar-refractivity contribution in [1.82, 2.24) is 5.32 Å². The molecule has 0 fully saturated rings. The maximum absolute atomic E-state index is 13.7. The standard InChI is InChI=1S/C15H14BrF2NO/c1-19-8-10-2-4-13(17)11(6-10)9-20-15-5-3-12(16)7-14(15)18/h2-7,19H,8-9H2,1H3. The van der Waals surface area contributed by atoms with Crippen LogP contribution in [0, 0.1) is 11.6 Å². The summed E-state index contributed by atoms with van der Waals surface area (Å²) in [7, 11) is 1.82. The van der Waals surface area contributed by atoms with Crippen LogP contribution >= 0.6 is 15.9 Å². The van der Waals surface area contributed by atoms with Crippen molar-refractivity contribution in [2.45, 2.75) is 13.2 Å². The Labute approximate surface area is 124 Å². The minimum Gasteiger partial charge on any atom is -0.486 e. The molecule has 1 N–H and O–H groups in total. The highest BCUT2D eigenvalue weighted by atomic mass is 79.9. The van der Waals surface area contributed by atoms with Crippen LogP contribution in [0.4, 0.5) is 8.78 Å². The van der Waals surface area contributed by atoms with Crippen LogP contribution in [0.25, 0.3) is 0 Å². The SMILES string of the molecule is CNCc1ccc(F)c(COc2ccc(Br)cc2F)c1. The molecule has 2 nitrogen and oxygen atoms in total. The molecule has 2 rings (SSSR count). The molecular weight excluding hydrogens is 328 g/mol. The highest BCUT2D eigenvalue weighted by Gasteiger charge is 2.08. The van der Waals surface area contributed by atoms with Gasteiger partial charge in [-0.3, -0.25) is 0 Å². The van der Waals surface area contributed by atoms with Crippen molar-refractivity contribution >= 4 is 15.9 Å². The number of halogens is 3. The lowest BCUT2D eigenvalue weighted by Gasteiger charge is -2.10. The van der Waals surface area contributed by atoms with Gasteiger partial charge in [0.1, 0.15) is 12.4 Å². The molecule has 0 unspecified atom stereocenters. The Hall–Kier alpha value is -1.46. The van der Waals surface area contributed by atoms with Crippen LogP contribution in [0.1, 0.15) is 11.1 Å². The molecule has 0 aliphatic rings. The summed E-state index contributed by atoms with van der Waals surface area (Å²) < 4.78 is 33.2. The van der Waals surface area contributed by atoms with Crippen LogP contribution in [0.5, 0.6) is 5.75 Å². The molecule has 0 aliphatic carbocycles. The maximum Gasteiger partial charge on any atom is 0.166 e. The summed E-state index contributed by atoms with van der Waals surface area (Å²) in [5.74, 6) is -0.736. The Kier molecular flexibility index (Phi) is 5.09. The van der Waals surface area contributed by atoms with Crippen LogP contribution < -0.4 is 10.1 Å². The van der Waals surface area contributed by atoms with Gasteiger partial charge in [0.25, 0.3) is 0 Å². The Morgan fingerprint density at radius 2 is 1.90 bits per heavy atom. The smallest absolute Gasteiger partial charge is 0.166 e. The average molecular weight is 342 g/mol. The third-order valence-corrected chi connectivity index (χ3v) is 3.26. The van der Waals surface area contributed by atoms with Crippen molar-refractivity contribution in [3.8, 4) is 5.75 Å². The third-order valence-electron chi connectivity index (χ3n) is 2.77. The second-order valence-corrected chi connectivity index (χ2v) is 5.24. The molecule has 0 saturated carbocycles. The molecular formula is C15H14BrF2NO. The monoisotopic (exact) mass is 341 g/mol. The Bertz CT molecular complexity index is 604. The molecule has 106 valence electrons. The number of benzene rings is 2. The summed E-state index contributed by atoms with van der Waals surface area (Å²) in [5, 5.41) is 2.99. The first-order valence-corrected chi connectivity index (χ1v) is 6.89. The predicted molar refractivity (Wildman–Crippen MR) is 77.6 cm³/mol. The Morgan fingerprint density at radius 3 is 2.60 bits per heavy atom. The molecule has 2 aromatic rings. The zero-order valence-electron chi connectivity index (χ0n) is 10.9. The molecule has 0 heterocycles.